The molecule has 0 radical (unpaired) electrons. The van der Waals surface area contributed by atoms with Crippen LogP contribution in [-0.2, 0) is 4.79 Å². The number of halogens is 2. The van der Waals surface area contributed by atoms with Crippen molar-refractivity contribution in [2.45, 2.75) is 32.6 Å². The molecule has 0 spiro atoms. The van der Waals surface area contributed by atoms with E-state index in [0.29, 0.717) is 16.6 Å². The first-order chi connectivity index (χ1) is 9.04. The van der Waals surface area contributed by atoms with Crippen LogP contribution in [0, 0.1) is 0 Å². The van der Waals surface area contributed by atoms with Gasteiger partial charge in [0.25, 0.3) is 0 Å². The fraction of sp³-hybridized carbons (Fsp3) is 0.500. The van der Waals surface area contributed by atoms with Crippen LogP contribution in [0.2, 0.25) is 10.0 Å². The smallest absolute Gasteiger partial charge is 0.305 e. The van der Waals surface area contributed by atoms with Crippen LogP contribution in [0.5, 0.6) is 0 Å². The number of rotatable bonds is 8. The third-order valence-electron chi connectivity index (χ3n) is 2.88. The van der Waals surface area contributed by atoms with Gasteiger partial charge in [0.15, 0.2) is 0 Å². The van der Waals surface area contributed by atoms with E-state index in [1.54, 1.807) is 18.2 Å². The molecular weight excluding hydrogens is 285 g/mol. The molecule has 1 aromatic carbocycles. The predicted octanol–water partition coefficient (Wildman–Crippen LogP) is 4.46. The minimum Gasteiger partial charge on any atom is -0.481 e. The second-order valence-electron chi connectivity index (χ2n) is 4.43. The highest BCUT2D eigenvalue weighted by Crippen LogP contribution is 2.29. The van der Waals surface area contributed by atoms with Crippen molar-refractivity contribution in [2.24, 2.45) is 0 Å². The van der Waals surface area contributed by atoms with Crippen molar-refractivity contribution in [1.29, 1.82) is 0 Å². The fourth-order valence-electron chi connectivity index (χ4n) is 1.86. The van der Waals surface area contributed by atoms with Crippen LogP contribution in [0.1, 0.15) is 32.6 Å². The Morgan fingerprint density at radius 3 is 2.63 bits per heavy atom. The summed E-state index contributed by atoms with van der Waals surface area (Å²) in [6, 6.07) is 5.26. The highest BCUT2D eigenvalue weighted by atomic mass is 35.5. The van der Waals surface area contributed by atoms with Crippen LogP contribution in [0.3, 0.4) is 0 Å². The van der Waals surface area contributed by atoms with Crippen molar-refractivity contribution in [3.05, 3.63) is 28.2 Å². The number of aliphatic carboxylic acids is 1. The maximum atomic E-state index is 10.7. The highest BCUT2D eigenvalue weighted by Gasteiger charge is 2.12. The zero-order chi connectivity index (χ0) is 14.3. The van der Waals surface area contributed by atoms with Gasteiger partial charge in [0.05, 0.1) is 17.1 Å². The molecule has 0 aliphatic rings. The third kappa shape index (κ3) is 5.70. The van der Waals surface area contributed by atoms with E-state index in [2.05, 4.69) is 6.92 Å². The third-order valence-corrected chi connectivity index (χ3v) is 3.43. The van der Waals surface area contributed by atoms with Gasteiger partial charge in [-0.2, -0.15) is 0 Å². The first-order valence-corrected chi connectivity index (χ1v) is 7.22. The molecule has 0 atom stereocenters. The Bertz CT molecular complexity index is 424. The molecule has 1 aromatic rings. The molecule has 1 rings (SSSR count). The van der Waals surface area contributed by atoms with Crippen LogP contribution in [-0.4, -0.2) is 24.2 Å². The lowest BCUT2D eigenvalue weighted by Crippen LogP contribution is -2.27. The van der Waals surface area contributed by atoms with Gasteiger partial charge in [-0.15, -0.1) is 0 Å². The lowest BCUT2D eigenvalue weighted by molar-refractivity contribution is -0.136. The standard InChI is InChI=1S/C14H19Cl2NO2/c1-2-3-4-8-17(9-7-14(18)19)13-10-11(15)5-6-12(13)16/h5-6,10H,2-4,7-9H2,1H3,(H,18,19). The van der Waals surface area contributed by atoms with Gasteiger partial charge in [-0.05, 0) is 24.6 Å². The Morgan fingerprint density at radius 1 is 1.26 bits per heavy atom. The minimum absolute atomic E-state index is 0.0922. The summed E-state index contributed by atoms with van der Waals surface area (Å²) >= 11 is 12.2. The summed E-state index contributed by atoms with van der Waals surface area (Å²) in [7, 11) is 0. The van der Waals surface area contributed by atoms with Crippen LogP contribution in [0.15, 0.2) is 18.2 Å². The van der Waals surface area contributed by atoms with Crippen molar-refractivity contribution in [3.63, 3.8) is 0 Å². The molecule has 3 nitrogen and oxygen atoms in total. The second-order valence-corrected chi connectivity index (χ2v) is 5.28. The average Bonchev–Trinajstić information content (AvgIpc) is 2.36. The summed E-state index contributed by atoms with van der Waals surface area (Å²) in [6.07, 6.45) is 3.34. The van der Waals surface area contributed by atoms with E-state index in [9.17, 15) is 4.79 Å². The SMILES string of the molecule is CCCCCN(CCC(=O)O)c1cc(Cl)ccc1Cl. The van der Waals surface area contributed by atoms with E-state index in [0.717, 1.165) is 31.5 Å². The van der Waals surface area contributed by atoms with Gasteiger partial charge in [-0.1, -0.05) is 43.0 Å². The van der Waals surface area contributed by atoms with E-state index in [4.69, 9.17) is 28.3 Å². The summed E-state index contributed by atoms with van der Waals surface area (Å²) in [5.41, 5.74) is 0.812. The number of hydrogen-bond acceptors (Lipinski definition) is 2. The molecule has 1 N–H and O–H groups in total. The summed E-state index contributed by atoms with van der Waals surface area (Å²) in [5, 5.41) is 10.0. The van der Waals surface area contributed by atoms with Gasteiger partial charge in [-0.3, -0.25) is 4.79 Å². The van der Waals surface area contributed by atoms with Crippen molar-refractivity contribution in [2.75, 3.05) is 18.0 Å². The Morgan fingerprint density at radius 2 is 2.00 bits per heavy atom. The summed E-state index contributed by atoms with van der Waals surface area (Å²) < 4.78 is 0. The number of unbranched alkanes of at least 4 members (excludes halogenated alkanes) is 2. The molecule has 19 heavy (non-hydrogen) atoms. The van der Waals surface area contributed by atoms with Gasteiger partial charge in [0, 0.05) is 18.1 Å². The van der Waals surface area contributed by atoms with Crippen molar-refractivity contribution in [1.82, 2.24) is 0 Å². The summed E-state index contributed by atoms with van der Waals surface area (Å²) in [6.45, 7) is 3.37. The van der Waals surface area contributed by atoms with Crippen LogP contribution >= 0.6 is 23.2 Å². The molecule has 0 saturated heterocycles. The number of hydrogen-bond donors (Lipinski definition) is 1. The van der Waals surface area contributed by atoms with E-state index < -0.39 is 5.97 Å². The molecule has 106 valence electrons. The quantitative estimate of drug-likeness (QED) is 0.721. The van der Waals surface area contributed by atoms with Gasteiger partial charge >= 0.3 is 5.97 Å². The van der Waals surface area contributed by atoms with Crippen LogP contribution < -0.4 is 4.90 Å². The number of carboxylic acid groups (broad SMARTS) is 1. The largest absolute Gasteiger partial charge is 0.481 e. The van der Waals surface area contributed by atoms with E-state index in [1.165, 1.54) is 0 Å². The van der Waals surface area contributed by atoms with Crippen molar-refractivity contribution < 1.29 is 9.90 Å². The topological polar surface area (TPSA) is 40.5 Å². The van der Waals surface area contributed by atoms with Crippen molar-refractivity contribution in [3.8, 4) is 0 Å². The van der Waals surface area contributed by atoms with Gasteiger partial charge in [0.2, 0.25) is 0 Å². The molecule has 0 amide bonds. The number of carbonyl (C=O) groups is 1. The van der Waals surface area contributed by atoms with E-state index in [1.807, 2.05) is 4.90 Å². The molecular formula is C14H19Cl2NO2. The Kier molecular flexibility index (Phi) is 7.03. The molecule has 0 heterocycles. The van der Waals surface area contributed by atoms with Crippen molar-refractivity contribution >= 4 is 34.9 Å². The lowest BCUT2D eigenvalue weighted by atomic mass is 10.2. The number of nitrogens with zero attached hydrogens (tertiary/aromatic N) is 1. The number of carboxylic acids is 1. The molecule has 0 fully saturated rings. The predicted molar refractivity (Wildman–Crippen MR) is 80.5 cm³/mol. The first-order valence-electron chi connectivity index (χ1n) is 6.46. The second kappa shape index (κ2) is 8.28. The Hall–Kier alpha value is -0.930. The molecule has 0 aromatic heterocycles. The minimum atomic E-state index is -0.807. The van der Waals surface area contributed by atoms with Gasteiger partial charge in [-0.25, -0.2) is 0 Å². The molecule has 0 saturated carbocycles. The summed E-state index contributed by atoms with van der Waals surface area (Å²) in [4.78, 5) is 12.7. The number of anilines is 1. The summed E-state index contributed by atoms with van der Waals surface area (Å²) in [5.74, 6) is -0.807. The first kappa shape index (κ1) is 16.1. The Balaban J connectivity index is 2.80. The molecule has 5 heteroatoms. The zero-order valence-electron chi connectivity index (χ0n) is 11.0. The van der Waals surface area contributed by atoms with E-state index in [-0.39, 0.29) is 6.42 Å². The maximum absolute atomic E-state index is 10.7. The van der Waals surface area contributed by atoms with Crippen LogP contribution in [0.4, 0.5) is 5.69 Å². The number of benzene rings is 1. The fourth-order valence-corrected chi connectivity index (χ4v) is 2.27. The monoisotopic (exact) mass is 303 g/mol. The Labute approximate surface area is 124 Å². The lowest BCUT2D eigenvalue weighted by Gasteiger charge is -2.25. The average molecular weight is 304 g/mol. The molecule has 0 aliphatic heterocycles. The maximum Gasteiger partial charge on any atom is 0.305 e. The van der Waals surface area contributed by atoms with E-state index >= 15 is 0 Å². The zero-order valence-corrected chi connectivity index (χ0v) is 12.5. The van der Waals surface area contributed by atoms with Crippen LogP contribution in [0.25, 0.3) is 0 Å². The highest BCUT2D eigenvalue weighted by molar-refractivity contribution is 6.35. The molecule has 0 bridgehead atoms. The molecule has 0 unspecified atom stereocenters. The molecule has 0 aliphatic carbocycles. The van der Waals surface area contributed by atoms with Gasteiger partial charge < -0.3 is 10.0 Å². The normalized spacial score (nSPS) is 10.5. The van der Waals surface area contributed by atoms with Gasteiger partial charge in [0.1, 0.15) is 0 Å².